The Morgan fingerprint density at radius 3 is 2.86 bits per heavy atom. The van der Waals surface area contributed by atoms with E-state index in [1.54, 1.807) is 0 Å². The SMILES string of the molecule is O=C(CBr)c1cccc(OSF)c1F. The molecule has 6 heteroatoms. The van der Waals surface area contributed by atoms with E-state index in [-0.39, 0.29) is 16.6 Å². The minimum absolute atomic E-state index is 0.0101. The third-order valence-corrected chi connectivity index (χ3v) is 2.26. The van der Waals surface area contributed by atoms with Crippen molar-refractivity contribution in [2.45, 2.75) is 0 Å². The highest BCUT2D eigenvalue weighted by Crippen LogP contribution is 2.24. The van der Waals surface area contributed by atoms with E-state index in [0.717, 1.165) is 0 Å². The van der Waals surface area contributed by atoms with Gasteiger partial charge in [-0.15, -0.1) is 3.89 Å². The average Bonchev–Trinajstić information content (AvgIpc) is 2.20. The molecule has 2 nitrogen and oxygen atoms in total. The predicted octanol–water partition coefficient (Wildman–Crippen LogP) is 3.31. The van der Waals surface area contributed by atoms with Crippen LogP contribution in [-0.4, -0.2) is 11.1 Å². The maximum atomic E-state index is 13.4. The monoisotopic (exact) mass is 282 g/mol. The Kier molecular flexibility index (Phi) is 4.34. The molecule has 0 fully saturated rings. The molecule has 1 aromatic rings. The van der Waals surface area contributed by atoms with Crippen molar-refractivity contribution >= 4 is 34.1 Å². The van der Waals surface area contributed by atoms with Crippen molar-refractivity contribution in [1.29, 1.82) is 0 Å². The Bertz CT molecular complexity index is 346. The molecule has 0 N–H and O–H groups in total. The number of Topliss-reactive ketones (excluding diaryl/α,β-unsaturated/α-hetero) is 1. The third-order valence-electron chi connectivity index (χ3n) is 1.51. The summed E-state index contributed by atoms with van der Waals surface area (Å²) in [5.41, 5.74) is -0.117. The van der Waals surface area contributed by atoms with Crippen LogP contribution >= 0.6 is 28.4 Å². The van der Waals surface area contributed by atoms with E-state index in [1.165, 1.54) is 18.2 Å². The highest BCUT2D eigenvalue weighted by molar-refractivity contribution is 9.09. The van der Waals surface area contributed by atoms with Crippen molar-refractivity contribution in [1.82, 2.24) is 0 Å². The van der Waals surface area contributed by atoms with Gasteiger partial charge in [0.1, 0.15) is 0 Å². The van der Waals surface area contributed by atoms with Gasteiger partial charge < -0.3 is 4.18 Å². The van der Waals surface area contributed by atoms with Crippen LogP contribution in [0.4, 0.5) is 8.28 Å². The Balaban J connectivity index is 3.07. The first kappa shape index (κ1) is 11.5. The van der Waals surface area contributed by atoms with Gasteiger partial charge >= 0.3 is 0 Å². The number of carbonyl (C=O) groups is 1. The van der Waals surface area contributed by atoms with Gasteiger partial charge in [0.25, 0.3) is 12.4 Å². The molecule has 0 aliphatic carbocycles. The summed E-state index contributed by atoms with van der Waals surface area (Å²) in [5, 5.41) is 0.0101. The first-order valence-corrected chi connectivity index (χ1v) is 5.30. The van der Waals surface area contributed by atoms with Gasteiger partial charge in [0.05, 0.1) is 10.9 Å². The Hall–Kier alpha value is -0.620. The summed E-state index contributed by atoms with van der Waals surface area (Å²) < 4.78 is 29.3. The molecule has 76 valence electrons. The van der Waals surface area contributed by atoms with Crippen LogP contribution in [0.25, 0.3) is 0 Å². The fourth-order valence-electron chi connectivity index (χ4n) is 0.896. The molecule has 0 bridgehead atoms. The van der Waals surface area contributed by atoms with Gasteiger partial charge in [-0.2, -0.15) is 0 Å². The molecule has 0 unspecified atom stereocenters. The highest BCUT2D eigenvalue weighted by Gasteiger charge is 2.15. The predicted molar refractivity (Wildman–Crippen MR) is 53.9 cm³/mol. The molecule has 0 amide bonds. The molecule has 1 aromatic carbocycles. The summed E-state index contributed by atoms with van der Waals surface area (Å²) in [6.45, 7) is 0. The van der Waals surface area contributed by atoms with Gasteiger partial charge in [0.15, 0.2) is 17.3 Å². The molecule has 0 aromatic heterocycles. The lowest BCUT2D eigenvalue weighted by atomic mass is 10.1. The summed E-state index contributed by atoms with van der Waals surface area (Å²) in [7, 11) is 0. The van der Waals surface area contributed by atoms with Crippen LogP contribution in [0, 0.1) is 5.82 Å². The van der Waals surface area contributed by atoms with Gasteiger partial charge in [0, 0.05) is 0 Å². The molecule has 0 radical (unpaired) electrons. The number of benzene rings is 1. The van der Waals surface area contributed by atoms with E-state index in [1.807, 2.05) is 0 Å². The molecule has 14 heavy (non-hydrogen) atoms. The van der Waals surface area contributed by atoms with Gasteiger partial charge in [-0.3, -0.25) is 4.79 Å². The van der Waals surface area contributed by atoms with Crippen LogP contribution < -0.4 is 4.18 Å². The lowest BCUT2D eigenvalue weighted by Crippen LogP contribution is -2.04. The van der Waals surface area contributed by atoms with Crippen LogP contribution in [0.1, 0.15) is 10.4 Å². The highest BCUT2D eigenvalue weighted by atomic mass is 79.9. The molecular weight excluding hydrogens is 278 g/mol. The molecule has 0 saturated heterocycles. The molecule has 0 saturated carbocycles. The van der Waals surface area contributed by atoms with E-state index in [9.17, 15) is 13.1 Å². The fraction of sp³-hybridized carbons (Fsp3) is 0.125. The second kappa shape index (κ2) is 5.31. The zero-order chi connectivity index (χ0) is 10.6. The second-order valence-corrected chi connectivity index (χ2v) is 3.17. The second-order valence-electron chi connectivity index (χ2n) is 2.32. The first-order valence-electron chi connectivity index (χ1n) is 3.53. The maximum Gasteiger partial charge on any atom is 0.272 e. The van der Waals surface area contributed by atoms with Crippen molar-refractivity contribution in [3.8, 4) is 5.75 Å². The van der Waals surface area contributed by atoms with E-state index < -0.39 is 24.0 Å². The summed E-state index contributed by atoms with van der Waals surface area (Å²) in [5.74, 6) is -1.55. The van der Waals surface area contributed by atoms with Crippen LogP contribution in [-0.2, 0) is 0 Å². The van der Waals surface area contributed by atoms with E-state index in [4.69, 9.17) is 0 Å². The number of ketones is 1. The van der Waals surface area contributed by atoms with Crippen molar-refractivity contribution in [2.75, 3.05) is 5.33 Å². The number of halogens is 3. The summed E-state index contributed by atoms with van der Waals surface area (Å²) in [6, 6.07) is 3.98. The van der Waals surface area contributed by atoms with Crippen molar-refractivity contribution in [2.24, 2.45) is 0 Å². The Morgan fingerprint density at radius 1 is 1.57 bits per heavy atom. The smallest absolute Gasteiger partial charge is 0.272 e. The molecule has 0 aliphatic rings. The molecule has 0 atom stereocenters. The molecule has 0 heterocycles. The molecule has 0 aliphatic heterocycles. The van der Waals surface area contributed by atoms with Gasteiger partial charge in [-0.05, 0) is 12.1 Å². The van der Waals surface area contributed by atoms with E-state index >= 15 is 0 Å². The Labute approximate surface area is 92.3 Å². The first-order chi connectivity index (χ1) is 6.70. The normalized spacial score (nSPS) is 9.93. The zero-order valence-electron chi connectivity index (χ0n) is 6.80. The van der Waals surface area contributed by atoms with Gasteiger partial charge in [-0.1, -0.05) is 22.0 Å². The number of hydrogen-bond donors (Lipinski definition) is 0. The van der Waals surface area contributed by atoms with E-state index in [2.05, 4.69) is 20.1 Å². The largest absolute Gasteiger partial charge is 0.394 e. The number of hydrogen-bond acceptors (Lipinski definition) is 3. The quantitative estimate of drug-likeness (QED) is 0.481. The molecular formula is C8H5BrF2O2S. The summed E-state index contributed by atoms with van der Waals surface area (Å²) in [6.07, 6.45) is 0. The lowest BCUT2D eigenvalue weighted by Gasteiger charge is -2.03. The van der Waals surface area contributed by atoms with Crippen LogP contribution in [0.5, 0.6) is 5.75 Å². The van der Waals surface area contributed by atoms with Crippen LogP contribution in [0.2, 0.25) is 0 Å². The van der Waals surface area contributed by atoms with Gasteiger partial charge in [0.2, 0.25) is 0 Å². The van der Waals surface area contributed by atoms with Crippen molar-refractivity contribution in [3.05, 3.63) is 29.6 Å². The summed E-state index contributed by atoms with van der Waals surface area (Å²) >= 11 is 2.45. The minimum atomic E-state index is -0.845. The molecule has 0 spiro atoms. The number of rotatable bonds is 4. The topological polar surface area (TPSA) is 26.3 Å². The molecule has 1 rings (SSSR count). The van der Waals surface area contributed by atoms with Crippen molar-refractivity contribution in [3.63, 3.8) is 0 Å². The zero-order valence-corrected chi connectivity index (χ0v) is 9.20. The van der Waals surface area contributed by atoms with Gasteiger partial charge in [-0.25, -0.2) is 4.39 Å². The van der Waals surface area contributed by atoms with Crippen LogP contribution in [0.15, 0.2) is 18.2 Å². The number of carbonyl (C=O) groups excluding carboxylic acids is 1. The van der Waals surface area contributed by atoms with E-state index in [0.29, 0.717) is 0 Å². The Morgan fingerprint density at radius 2 is 2.29 bits per heavy atom. The lowest BCUT2D eigenvalue weighted by molar-refractivity contribution is 0.101. The standard InChI is InChI=1S/C8H5BrF2O2S/c9-4-6(12)5-2-1-3-7(8(5)10)13-14-11/h1-3H,4H2. The van der Waals surface area contributed by atoms with Crippen LogP contribution in [0.3, 0.4) is 0 Å². The average molecular weight is 283 g/mol. The third kappa shape index (κ3) is 2.45. The fourth-order valence-corrected chi connectivity index (χ4v) is 1.40. The summed E-state index contributed by atoms with van der Waals surface area (Å²) in [4.78, 5) is 11.1. The minimum Gasteiger partial charge on any atom is -0.394 e. The maximum absolute atomic E-state index is 13.4. The number of alkyl halides is 1. The van der Waals surface area contributed by atoms with Crippen molar-refractivity contribution < 1.29 is 17.3 Å².